The van der Waals surface area contributed by atoms with Crippen LogP contribution in [0.3, 0.4) is 0 Å². The predicted molar refractivity (Wildman–Crippen MR) is 97.4 cm³/mol. The number of benzene rings is 1. The fraction of sp³-hybridized carbons (Fsp3) is 0.526. The number of hydrogen-bond acceptors (Lipinski definition) is 4. The first-order valence-electron chi connectivity index (χ1n) is 8.85. The van der Waals surface area contributed by atoms with E-state index in [4.69, 9.17) is 9.84 Å². The minimum atomic E-state index is -1.08. The number of rotatable bonds is 7. The number of aromatic carboxylic acids is 1. The van der Waals surface area contributed by atoms with E-state index in [2.05, 4.69) is 5.32 Å². The van der Waals surface area contributed by atoms with Crippen molar-refractivity contribution in [3.63, 3.8) is 0 Å². The second-order valence-electron chi connectivity index (χ2n) is 6.99. The van der Waals surface area contributed by atoms with E-state index in [9.17, 15) is 14.4 Å². The molecule has 0 spiro atoms. The Morgan fingerprint density at radius 2 is 2.08 bits per heavy atom. The highest BCUT2D eigenvalue weighted by atomic mass is 16.5. The normalized spacial score (nSPS) is 16.6. The van der Waals surface area contributed by atoms with Crippen LogP contribution < -0.4 is 10.1 Å². The van der Waals surface area contributed by atoms with Crippen molar-refractivity contribution in [1.29, 1.82) is 0 Å². The lowest BCUT2D eigenvalue weighted by molar-refractivity contribution is -0.133. The van der Waals surface area contributed by atoms with Gasteiger partial charge in [0.1, 0.15) is 12.4 Å². The molecular formula is C19H26N2O5. The molecule has 1 fully saturated rings. The molecule has 0 unspecified atom stereocenters. The molecular weight excluding hydrogens is 336 g/mol. The summed E-state index contributed by atoms with van der Waals surface area (Å²) in [5, 5.41) is 11.7. The minimum absolute atomic E-state index is 0.00872. The van der Waals surface area contributed by atoms with Gasteiger partial charge in [0.2, 0.25) is 11.8 Å². The van der Waals surface area contributed by atoms with E-state index in [0.717, 1.165) is 19.4 Å². The SMILES string of the molecule is CC(=O)Nc1cc(C(=O)O)ccc1OC[C@@H]1CCCN1C(=O)CC(C)C. The van der Waals surface area contributed by atoms with Gasteiger partial charge < -0.3 is 20.1 Å². The van der Waals surface area contributed by atoms with E-state index >= 15 is 0 Å². The maximum atomic E-state index is 12.4. The van der Waals surface area contributed by atoms with Crippen molar-refractivity contribution in [3.8, 4) is 5.75 Å². The van der Waals surface area contributed by atoms with Gasteiger partial charge in [0.15, 0.2) is 0 Å². The van der Waals surface area contributed by atoms with Crippen LogP contribution in [0.25, 0.3) is 0 Å². The Balaban J connectivity index is 2.09. The summed E-state index contributed by atoms with van der Waals surface area (Å²) in [5.74, 6) is -0.557. The minimum Gasteiger partial charge on any atom is -0.489 e. The zero-order valence-electron chi connectivity index (χ0n) is 15.4. The number of ether oxygens (including phenoxy) is 1. The summed E-state index contributed by atoms with van der Waals surface area (Å²) in [6, 6.07) is 4.32. The standard InChI is InChI=1S/C19H26N2O5/c1-12(2)9-18(23)21-8-4-5-15(21)11-26-17-7-6-14(19(24)25)10-16(17)20-13(3)22/h6-7,10,12,15H,4-5,8-9,11H2,1-3H3,(H,20,22)(H,24,25)/t15-/m0/s1. The fourth-order valence-electron chi connectivity index (χ4n) is 3.07. The predicted octanol–water partition coefficient (Wildman–Crippen LogP) is 2.76. The van der Waals surface area contributed by atoms with Crippen LogP contribution in [0.5, 0.6) is 5.75 Å². The van der Waals surface area contributed by atoms with Gasteiger partial charge >= 0.3 is 5.97 Å². The van der Waals surface area contributed by atoms with Crippen LogP contribution in [-0.4, -0.2) is 47.0 Å². The smallest absolute Gasteiger partial charge is 0.335 e. The number of nitrogens with one attached hydrogen (secondary N) is 1. The maximum Gasteiger partial charge on any atom is 0.335 e. The molecule has 0 aromatic heterocycles. The van der Waals surface area contributed by atoms with Crippen molar-refractivity contribution < 1.29 is 24.2 Å². The first kappa shape index (κ1) is 19.8. The number of amides is 2. The summed E-state index contributed by atoms with van der Waals surface area (Å²) in [6.45, 7) is 6.42. The van der Waals surface area contributed by atoms with Crippen LogP contribution >= 0.6 is 0 Å². The van der Waals surface area contributed by atoms with Crippen LogP contribution in [0, 0.1) is 5.92 Å². The third kappa shape index (κ3) is 5.21. The van der Waals surface area contributed by atoms with Crippen molar-refractivity contribution >= 4 is 23.5 Å². The lowest BCUT2D eigenvalue weighted by Gasteiger charge is -2.26. The van der Waals surface area contributed by atoms with Crippen molar-refractivity contribution in [2.45, 2.75) is 46.1 Å². The molecule has 1 atom stereocenters. The average Bonchev–Trinajstić information content (AvgIpc) is 3.01. The van der Waals surface area contributed by atoms with Crippen molar-refractivity contribution in [2.75, 3.05) is 18.5 Å². The molecule has 2 N–H and O–H groups in total. The first-order chi connectivity index (χ1) is 12.3. The molecule has 0 aliphatic carbocycles. The zero-order chi connectivity index (χ0) is 19.3. The van der Waals surface area contributed by atoms with Gasteiger partial charge in [0, 0.05) is 19.9 Å². The Morgan fingerprint density at radius 1 is 1.35 bits per heavy atom. The van der Waals surface area contributed by atoms with E-state index in [1.165, 1.54) is 25.1 Å². The third-order valence-corrected chi connectivity index (χ3v) is 4.25. The van der Waals surface area contributed by atoms with Gasteiger partial charge in [-0.25, -0.2) is 4.79 Å². The number of carbonyl (C=O) groups is 3. The van der Waals surface area contributed by atoms with Gasteiger partial charge in [0.25, 0.3) is 0 Å². The Morgan fingerprint density at radius 3 is 2.69 bits per heavy atom. The van der Waals surface area contributed by atoms with E-state index in [1.807, 2.05) is 18.7 Å². The number of carboxylic acid groups (broad SMARTS) is 1. The highest BCUT2D eigenvalue weighted by Crippen LogP contribution is 2.28. The lowest BCUT2D eigenvalue weighted by Crippen LogP contribution is -2.39. The number of nitrogens with zero attached hydrogens (tertiary/aromatic N) is 1. The summed E-state index contributed by atoms with van der Waals surface area (Å²) in [7, 11) is 0. The molecule has 0 radical (unpaired) electrons. The molecule has 1 aliphatic rings. The molecule has 1 aliphatic heterocycles. The number of likely N-dealkylation sites (tertiary alicyclic amines) is 1. The van der Waals surface area contributed by atoms with Crippen molar-refractivity contribution in [1.82, 2.24) is 4.90 Å². The van der Waals surface area contributed by atoms with Crippen LogP contribution in [-0.2, 0) is 9.59 Å². The summed E-state index contributed by atoms with van der Waals surface area (Å²) in [6.07, 6.45) is 2.32. The highest BCUT2D eigenvalue weighted by Gasteiger charge is 2.29. The van der Waals surface area contributed by atoms with Gasteiger partial charge in [-0.15, -0.1) is 0 Å². The first-order valence-corrected chi connectivity index (χ1v) is 8.85. The molecule has 142 valence electrons. The van der Waals surface area contributed by atoms with Gasteiger partial charge in [-0.3, -0.25) is 9.59 Å². The molecule has 1 heterocycles. The number of hydrogen-bond donors (Lipinski definition) is 2. The lowest BCUT2D eigenvalue weighted by atomic mass is 10.1. The number of anilines is 1. The number of carboxylic acids is 1. The van der Waals surface area contributed by atoms with Crippen LogP contribution in [0.4, 0.5) is 5.69 Å². The molecule has 1 saturated heterocycles. The van der Waals surface area contributed by atoms with Crippen molar-refractivity contribution in [3.05, 3.63) is 23.8 Å². The summed E-state index contributed by atoms with van der Waals surface area (Å²) >= 11 is 0. The Hall–Kier alpha value is -2.57. The molecule has 7 heteroatoms. The van der Waals surface area contributed by atoms with E-state index in [0.29, 0.717) is 30.4 Å². The Bertz CT molecular complexity index is 687. The van der Waals surface area contributed by atoms with Gasteiger partial charge in [-0.05, 0) is 37.0 Å². The third-order valence-electron chi connectivity index (χ3n) is 4.25. The molecule has 0 saturated carbocycles. The quantitative estimate of drug-likeness (QED) is 0.777. The van der Waals surface area contributed by atoms with Crippen LogP contribution in [0.1, 0.15) is 50.4 Å². The van der Waals surface area contributed by atoms with Gasteiger partial charge in [-0.1, -0.05) is 13.8 Å². The molecule has 7 nitrogen and oxygen atoms in total. The van der Waals surface area contributed by atoms with Crippen LogP contribution in [0.2, 0.25) is 0 Å². The van der Waals surface area contributed by atoms with Crippen LogP contribution in [0.15, 0.2) is 18.2 Å². The van der Waals surface area contributed by atoms with Crippen molar-refractivity contribution in [2.24, 2.45) is 5.92 Å². The summed E-state index contributed by atoms with van der Waals surface area (Å²) < 4.78 is 5.84. The molecule has 1 aromatic carbocycles. The summed E-state index contributed by atoms with van der Waals surface area (Å²) in [5.41, 5.74) is 0.381. The molecule has 2 rings (SSSR count). The van der Waals surface area contributed by atoms with Gasteiger partial charge in [-0.2, -0.15) is 0 Å². The second-order valence-corrected chi connectivity index (χ2v) is 6.99. The van der Waals surface area contributed by atoms with E-state index in [-0.39, 0.29) is 23.4 Å². The molecule has 1 aromatic rings. The van der Waals surface area contributed by atoms with E-state index in [1.54, 1.807) is 0 Å². The maximum absolute atomic E-state index is 12.4. The fourth-order valence-corrected chi connectivity index (χ4v) is 3.07. The number of carbonyl (C=O) groups excluding carboxylic acids is 2. The van der Waals surface area contributed by atoms with E-state index < -0.39 is 5.97 Å². The Labute approximate surface area is 153 Å². The summed E-state index contributed by atoms with van der Waals surface area (Å²) in [4.78, 5) is 36.7. The molecule has 2 amide bonds. The second kappa shape index (κ2) is 8.69. The topological polar surface area (TPSA) is 95.9 Å². The zero-order valence-corrected chi connectivity index (χ0v) is 15.4. The Kier molecular flexibility index (Phi) is 6.60. The molecule has 26 heavy (non-hydrogen) atoms. The monoisotopic (exact) mass is 362 g/mol. The highest BCUT2D eigenvalue weighted by molar-refractivity contribution is 5.94. The van der Waals surface area contributed by atoms with Gasteiger partial charge in [0.05, 0.1) is 17.3 Å². The average molecular weight is 362 g/mol. The largest absolute Gasteiger partial charge is 0.489 e. The molecule has 0 bridgehead atoms.